The number of ether oxygens (including phenoxy) is 2. The third kappa shape index (κ3) is 4.98. The minimum Gasteiger partial charge on any atom is -0.458 e. The number of rotatable bonds is 6. The van der Waals surface area contributed by atoms with Crippen molar-refractivity contribution in [2.75, 3.05) is 17.7 Å². The normalized spacial score (nSPS) is 19.9. The zero-order valence-electron chi connectivity index (χ0n) is 16.7. The molecule has 1 fully saturated rings. The minimum atomic E-state index is -1.47. The van der Waals surface area contributed by atoms with Crippen molar-refractivity contribution in [1.29, 1.82) is 0 Å². The van der Waals surface area contributed by atoms with Gasteiger partial charge in [-0.1, -0.05) is 36.4 Å². The molecule has 1 aromatic heterocycles. The Balaban J connectivity index is 1.38. The van der Waals surface area contributed by atoms with Gasteiger partial charge in [-0.3, -0.25) is 13.6 Å². The molecule has 2 heterocycles. The van der Waals surface area contributed by atoms with E-state index in [9.17, 15) is 18.6 Å². The summed E-state index contributed by atoms with van der Waals surface area (Å²) in [5.41, 5.74) is -0.723. The highest BCUT2D eigenvalue weighted by atomic mass is 32.2. The summed E-state index contributed by atoms with van der Waals surface area (Å²) >= 11 is 0. The Kier molecular flexibility index (Phi) is 6.52. The van der Waals surface area contributed by atoms with Crippen LogP contribution in [0.15, 0.2) is 77.7 Å². The van der Waals surface area contributed by atoms with E-state index in [0.717, 1.165) is 0 Å². The lowest BCUT2D eigenvalue weighted by atomic mass is 10.2. The second kappa shape index (κ2) is 9.67. The van der Waals surface area contributed by atoms with E-state index in [1.165, 1.54) is 16.8 Å². The summed E-state index contributed by atoms with van der Waals surface area (Å²) in [5, 5.41) is 2.56. The molecule has 4 rings (SSSR count). The average Bonchev–Trinajstić information content (AvgIpc) is 3.18. The van der Waals surface area contributed by atoms with Crippen molar-refractivity contribution in [3.63, 3.8) is 0 Å². The van der Waals surface area contributed by atoms with Gasteiger partial charge in [0.25, 0.3) is 5.91 Å². The highest BCUT2D eigenvalue weighted by Crippen LogP contribution is 2.23. The summed E-state index contributed by atoms with van der Waals surface area (Å²) < 4.78 is 24.4. The van der Waals surface area contributed by atoms with Gasteiger partial charge in [0.1, 0.15) is 12.4 Å². The largest absolute Gasteiger partial charge is 0.458 e. The standard InChI is InChI=1S/C22H19N3O6S/c26-20(15-7-3-1-4-8-15)23-17-11-12-25(22(28)24-17)18-14-32(29)19(31-18)13-30-21(27)16-9-5-2-6-10-16/h1-12,18-19H,13-14H2,(H,23,24,26,28)/t18-,19+,32?/m0/s1. The summed E-state index contributed by atoms with van der Waals surface area (Å²) in [6, 6.07) is 18.4. The third-order valence-electron chi connectivity index (χ3n) is 4.69. The SMILES string of the molecule is O=C(Nc1ccn([C@@H]2CS(=O)[C@H](COC(=O)c3ccccc3)O2)c(=O)n1)c1ccccc1. The molecule has 1 amide bonds. The van der Waals surface area contributed by atoms with Gasteiger partial charge < -0.3 is 14.8 Å². The Morgan fingerprint density at radius 1 is 1.06 bits per heavy atom. The van der Waals surface area contributed by atoms with Gasteiger partial charge >= 0.3 is 11.7 Å². The topological polar surface area (TPSA) is 117 Å². The number of hydrogen-bond donors (Lipinski definition) is 1. The molecular formula is C22H19N3O6S. The quantitative estimate of drug-likeness (QED) is 0.567. The first kappa shape index (κ1) is 21.6. The molecule has 0 saturated carbocycles. The summed E-state index contributed by atoms with van der Waals surface area (Å²) in [7, 11) is -1.47. The molecule has 164 valence electrons. The summed E-state index contributed by atoms with van der Waals surface area (Å²) in [5.74, 6) is -0.807. The number of esters is 1. The highest BCUT2D eigenvalue weighted by molar-refractivity contribution is 7.85. The number of nitrogens with zero attached hydrogens (tertiary/aromatic N) is 2. The smallest absolute Gasteiger partial charge is 0.351 e. The predicted molar refractivity (Wildman–Crippen MR) is 117 cm³/mol. The molecule has 1 aliphatic heterocycles. The lowest BCUT2D eigenvalue weighted by Crippen LogP contribution is -2.29. The molecule has 0 bridgehead atoms. The van der Waals surface area contributed by atoms with Crippen LogP contribution in [0.4, 0.5) is 5.82 Å². The van der Waals surface area contributed by atoms with Gasteiger partial charge in [-0.05, 0) is 30.3 Å². The molecule has 3 aromatic rings. The second-order valence-electron chi connectivity index (χ2n) is 6.85. The van der Waals surface area contributed by atoms with Gasteiger partial charge in [-0.15, -0.1) is 0 Å². The van der Waals surface area contributed by atoms with E-state index in [-0.39, 0.29) is 18.2 Å². The molecule has 0 aliphatic carbocycles. The maximum absolute atomic E-state index is 12.4. The van der Waals surface area contributed by atoms with Gasteiger partial charge in [-0.25, -0.2) is 9.59 Å². The van der Waals surface area contributed by atoms with Gasteiger partial charge in [-0.2, -0.15) is 4.98 Å². The average molecular weight is 453 g/mol. The van der Waals surface area contributed by atoms with Gasteiger partial charge in [0.2, 0.25) is 0 Å². The highest BCUT2D eigenvalue weighted by Gasteiger charge is 2.35. The monoisotopic (exact) mass is 453 g/mol. The molecule has 3 atom stereocenters. The molecule has 0 radical (unpaired) electrons. The number of hydrogen-bond acceptors (Lipinski definition) is 7. The van der Waals surface area contributed by atoms with Gasteiger partial charge in [0, 0.05) is 11.8 Å². The van der Waals surface area contributed by atoms with Crippen molar-refractivity contribution in [1.82, 2.24) is 9.55 Å². The maximum Gasteiger partial charge on any atom is 0.351 e. The molecule has 1 aliphatic rings. The number of carbonyl (C=O) groups excluding carboxylic acids is 2. The number of nitrogens with one attached hydrogen (secondary N) is 1. The summed E-state index contributed by atoms with van der Waals surface area (Å²) in [4.78, 5) is 40.6. The Hall–Kier alpha value is -3.63. The lowest BCUT2D eigenvalue weighted by Gasteiger charge is -2.15. The first-order chi connectivity index (χ1) is 15.5. The van der Waals surface area contributed by atoms with Crippen LogP contribution >= 0.6 is 0 Å². The zero-order valence-corrected chi connectivity index (χ0v) is 17.6. The van der Waals surface area contributed by atoms with Gasteiger partial charge in [0.15, 0.2) is 11.7 Å². The van der Waals surface area contributed by atoms with Crippen LogP contribution in [0, 0.1) is 0 Å². The Bertz CT molecular complexity index is 1200. The van der Waals surface area contributed by atoms with E-state index in [1.54, 1.807) is 60.7 Å². The van der Waals surface area contributed by atoms with Crippen LogP contribution in [0.5, 0.6) is 0 Å². The van der Waals surface area contributed by atoms with Crippen molar-refractivity contribution >= 4 is 28.5 Å². The van der Waals surface area contributed by atoms with Crippen molar-refractivity contribution in [2.45, 2.75) is 11.7 Å². The van der Waals surface area contributed by atoms with Crippen LogP contribution in [-0.4, -0.2) is 43.4 Å². The molecule has 0 spiro atoms. The fourth-order valence-electron chi connectivity index (χ4n) is 3.07. The molecular weight excluding hydrogens is 434 g/mol. The summed E-state index contributed by atoms with van der Waals surface area (Å²) in [6.07, 6.45) is 0.589. The number of carbonyl (C=O) groups is 2. The second-order valence-corrected chi connectivity index (χ2v) is 8.48. The van der Waals surface area contributed by atoms with Crippen molar-refractivity contribution in [3.8, 4) is 0 Å². The Labute approximate surface area is 185 Å². The Morgan fingerprint density at radius 3 is 2.38 bits per heavy atom. The number of amides is 1. The van der Waals surface area contributed by atoms with Crippen LogP contribution < -0.4 is 11.0 Å². The first-order valence-corrected chi connectivity index (χ1v) is 11.1. The fourth-order valence-corrected chi connectivity index (χ4v) is 4.27. The van der Waals surface area contributed by atoms with E-state index >= 15 is 0 Å². The number of benzene rings is 2. The molecule has 1 N–H and O–H groups in total. The fraction of sp³-hybridized carbons (Fsp3) is 0.182. The predicted octanol–water partition coefficient (Wildman–Crippen LogP) is 1.96. The zero-order chi connectivity index (χ0) is 22.5. The van der Waals surface area contributed by atoms with Crippen LogP contribution in [0.3, 0.4) is 0 Å². The Morgan fingerprint density at radius 2 is 1.72 bits per heavy atom. The lowest BCUT2D eigenvalue weighted by molar-refractivity contribution is -0.0184. The van der Waals surface area contributed by atoms with Crippen LogP contribution in [0.1, 0.15) is 26.9 Å². The molecule has 1 unspecified atom stereocenters. The van der Waals surface area contributed by atoms with E-state index < -0.39 is 40.0 Å². The van der Waals surface area contributed by atoms with Crippen molar-refractivity contribution < 1.29 is 23.3 Å². The van der Waals surface area contributed by atoms with Crippen LogP contribution in [0.2, 0.25) is 0 Å². The van der Waals surface area contributed by atoms with Crippen molar-refractivity contribution in [2.24, 2.45) is 0 Å². The van der Waals surface area contributed by atoms with E-state index in [4.69, 9.17) is 9.47 Å². The maximum atomic E-state index is 12.4. The molecule has 10 heteroatoms. The molecule has 2 aromatic carbocycles. The first-order valence-electron chi connectivity index (χ1n) is 9.71. The summed E-state index contributed by atoms with van der Waals surface area (Å²) in [6.45, 7) is -0.204. The van der Waals surface area contributed by atoms with Gasteiger partial charge in [0.05, 0.1) is 22.1 Å². The number of anilines is 1. The molecule has 9 nitrogen and oxygen atoms in total. The van der Waals surface area contributed by atoms with Crippen LogP contribution in [0.25, 0.3) is 0 Å². The van der Waals surface area contributed by atoms with E-state index in [2.05, 4.69) is 10.3 Å². The third-order valence-corrected chi connectivity index (χ3v) is 6.13. The minimum absolute atomic E-state index is 0.0465. The molecule has 1 saturated heterocycles. The van der Waals surface area contributed by atoms with E-state index in [1.807, 2.05) is 0 Å². The van der Waals surface area contributed by atoms with Crippen LogP contribution in [-0.2, 0) is 20.3 Å². The van der Waals surface area contributed by atoms with Crippen molar-refractivity contribution in [3.05, 3.63) is 94.5 Å². The molecule has 32 heavy (non-hydrogen) atoms. The number of aromatic nitrogens is 2. The van der Waals surface area contributed by atoms with E-state index in [0.29, 0.717) is 11.1 Å².